The molecule has 0 atom stereocenters. The van der Waals surface area contributed by atoms with Crippen LogP contribution in [0.4, 0.5) is 24.7 Å². The molecule has 4 rings (SSSR count). The lowest BCUT2D eigenvalue weighted by Crippen LogP contribution is -2.14. The van der Waals surface area contributed by atoms with Gasteiger partial charge in [-0.3, -0.25) is 4.79 Å². The maximum atomic E-state index is 12.9. The number of carbonyl (C=O) groups is 1. The number of aromatic nitrogens is 2. The quantitative estimate of drug-likeness (QED) is 0.518. The number of nitrogen functional groups attached to an aromatic ring is 1. The zero-order chi connectivity index (χ0) is 20.6. The zero-order valence-electron chi connectivity index (χ0n) is 14.9. The molecule has 0 fully saturated rings. The second-order valence-corrected chi connectivity index (χ2v) is 6.40. The number of nitrogens with zero attached hydrogens (tertiary/aromatic N) is 2. The lowest BCUT2D eigenvalue weighted by molar-refractivity contribution is -0.137. The predicted octanol–water partition coefficient (Wildman–Crippen LogP) is 4.88. The Kier molecular flexibility index (Phi) is 4.46. The van der Waals surface area contributed by atoms with Crippen LogP contribution in [-0.2, 0) is 6.18 Å². The number of hydrogen-bond donors (Lipinski definition) is 2. The summed E-state index contributed by atoms with van der Waals surface area (Å²) >= 11 is 0. The van der Waals surface area contributed by atoms with E-state index in [1.165, 1.54) is 12.1 Å². The molecule has 29 heavy (non-hydrogen) atoms. The van der Waals surface area contributed by atoms with Crippen LogP contribution in [0.25, 0.3) is 16.6 Å². The number of carbonyl (C=O) groups excluding carboxylic acids is 1. The summed E-state index contributed by atoms with van der Waals surface area (Å²) in [5, 5.41) is 3.44. The number of anilines is 2. The predicted molar refractivity (Wildman–Crippen MR) is 105 cm³/mol. The van der Waals surface area contributed by atoms with E-state index in [1.54, 1.807) is 24.4 Å². The van der Waals surface area contributed by atoms with Gasteiger partial charge in [0.25, 0.3) is 5.91 Å². The molecule has 0 aliphatic carbocycles. The molecule has 2 heterocycles. The minimum atomic E-state index is -4.51. The van der Waals surface area contributed by atoms with Gasteiger partial charge < -0.3 is 15.6 Å². The summed E-state index contributed by atoms with van der Waals surface area (Å²) in [5.74, 6) is -0.214. The molecule has 5 nitrogen and oxygen atoms in total. The fourth-order valence-electron chi connectivity index (χ4n) is 3.09. The highest BCUT2D eigenvalue weighted by Crippen LogP contribution is 2.30. The van der Waals surface area contributed by atoms with Gasteiger partial charge in [-0.1, -0.05) is 12.1 Å². The van der Waals surface area contributed by atoms with Gasteiger partial charge in [0, 0.05) is 34.7 Å². The molecule has 0 saturated carbocycles. The number of alkyl halides is 3. The molecule has 0 aliphatic rings. The van der Waals surface area contributed by atoms with Crippen LogP contribution in [0.1, 0.15) is 15.9 Å². The summed E-state index contributed by atoms with van der Waals surface area (Å²) in [6.45, 7) is 0. The van der Waals surface area contributed by atoms with Crippen LogP contribution in [-0.4, -0.2) is 15.5 Å². The number of amides is 1. The third-order valence-corrected chi connectivity index (χ3v) is 4.48. The molecule has 2 aromatic carbocycles. The minimum Gasteiger partial charge on any atom is -0.383 e. The summed E-state index contributed by atoms with van der Waals surface area (Å²) < 4.78 is 40.5. The molecule has 1 amide bonds. The number of pyridine rings is 1. The Bertz CT molecular complexity index is 1210. The Morgan fingerprint density at radius 1 is 1.03 bits per heavy atom. The van der Waals surface area contributed by atoms with E-state index in [1.807, 2.05) is 29.0 Å². The maximum absolute atomic E-state index is 12.9. The van der Waals surface area contributed by atoms with Crippen molar-refractivity contribution < 1.29 is 18.0 Å². The molecule has 8 heteroatoms. The second-order valence-electron chi connectivity index (χ2n) is 6.40. The highest BCUT2D eigenvalue weighted by atomic mass is 19.4. The number of rotatable bonds is 3. The summed E-state index contributed by atoms with van der Waals surface area (Å²) in [6, 6.07) is 14.9. The molecule has 0 saturated heterocycles. The fourth-order valence-corrected chi connectivity index (χ4v) is 3.09. The van der Waals surface area contributed by atoms with E-state index < -0.39 is 17.6 Å². The summed E-state index contributed by atoms with van der Waals surface area (Å²) in [5.41, 5.74) is 7.00. The molecule has 3 N–H and O–H groups in total. The Labute approximate surface area is 163 Å². The van der Waals surface area contributed by atoms with Crippen molar-refractivity contribution in [3.8, 4) is 5.69 Å². The highest BCUT2D eigenvalue weighted by Gasteiger charge is 2.30. The molecule has 0 radical (unpaired) electrons. The van der Waals surface area contributed by atoms with Crippen molar-refractivity contribution in [2.45, 2.75) is 6.18 Å². The van der Waals surface area contributed by atoms with Gasteiger partial charge in [0.2, 0.25) is 0 Å². The van der Waals surface area contributed by atoms with Crippen molar-refractivity contribution in [2.75, 3.05) is 11.1 Å². The number of hydrogen-bond acceptors (Lipinski definition) is 3. The van der Waals surface area contributed by atoms with E-state index >= 15 is 0 Å². The van der Waals surface area contributed by atoms with Gasteiger partial charge in [-0.05, 0) is 48.5 Å². The first kappa shape index (κ1) is 18.5. The number of benzene rings is 2. The lowest BCUT2D eigenvalue weighted by atomic mass is 10.1. The molecular formula is C21H15F3N4O. The molecule has 0 aliphatic heterocycles. The lowest BCUT2D eigenvalue weighted by Gasteiger charge is -2.11. The van der Waals surface area contributed by atoms with Gasteiger partial charge in [0.15, 0.2) is 0 Å². The van der Waals surface area contributed by atoms with E-state index in [4.69, 9.17) is 5.73 Å². The van der Waals surface area contributed by atoms with Crippen molar-refractivity contribution >= 4 is 28.3 Å². The van der Waals surface area contributed by atoms with Gasteiger partial charge in [-0.2, -0.15) is 13.2 Å². The van der Waals surface area contributed by atoms with Crippen LogP contribution in [0.3, 0.4) is 0 Å². The van der Waals surface area contributed by atoms with Crippen molar-refractivity contribution in [3.63, 3.8) is 0 Å². The average molecular weight is 396 g/mol. The number of nitrogens with two attached hydrogens (primary N) is 1. The second kappa shape index (κ2) is 6.97. The van der Waals surface area contributed by atoms with Crippen molar-refractivity contribution in [2.24, 2.45) is 0 Å². The third kappa shape index (κ3) is 3.64. The van der Waals surface area contributed by atoms with Gasteiger partial charge >= 0.3 is 6.18 Å². The molecule has 4 aromatic rings. The van der Waals surface area contributed by atoms with Crippen molar-refractivity contribution in [1.29, 1.82) is 0 Å². The molecule has 2 aromatic heterocycles. The van der Waals surface area contributed by atoms with Crippen molar-refractivity contribution in [3.05, 3.63) is 84.2 Å². The Hall–Kier alpha value is -3.81. The van der Waals surface area contributed by atoms with Gasteiger partial charge in [-0.15, -0.1) is 0 Å². The van der Waals surface area contributed by atoms with E-state index in [2.05, 4.69) is 10.3 Å². The van der Waals surface area contributed by atoms with Crippen LogP contribution >= 0.6 is 0 Å². The van der Waals surface area contributed by atoms with Crippen LogP contribution in [0.5, 0.6) is 0 Å². The smallest absolute Gasteiger partial charge is 0.383 e. The Morgan fingerprint density at radius 3 is 2.62 bits per heavy atom. The van der Waals surface area contributed by atoms with E-state index in [0.29, 0.717) is 11.5 Å². The third-order valence-electron chi connectivity index (χ3n) is 4.48. The zero-order valence-corrected chi connectivity index (χ0v) is 14.9. The Morgan fingerprint density at radius 2 is 1.83 bits per heavy atom. The summed E-state index contributed by atoms with van der Waals surface area (Å²) in [6.07, 6.45) is -1.08. The molecule has 146 valence electrons. The van der Waals surface area contributed by atoms with E-state index in [0.717, 1.165) is 28.7 Å². The highest BCUT2D eigenvalue weighted by molar-refractivity contribution is 6.04. The number of fused-ring (bicyclic) bond motifs is 1. The molecule has 0 spiro atoms. The van der Waals surface area contributed by atoms with E-state index in [-0.39, 0.29) is 5.56 Å². The van der Waals surface area contributed by atoms with Crippen LogP contribution < -0.4 is 11.1 Å². The normalized spacial score (nSPS) is 11.6. The molecule has 0 unspecified atom stereocenters. The minimum absolute atomic E-state index is 0.0736. The topological polar surface area (TPSA) is 72.9 Å². The largest absolute Gasteiger partial charge is 0.416 e. The monoisotopic (exact) mass is 396 g/mol. The molecular weight excluding hydrogens is 381 g/mol. The van der Waals surface area contributed by atoms with Crippen LogP contribution in [0.2, 0.25) is 0 Å². The Balaban J connectivity index is 1.63. The fraction of sp³-hybridized carbons (Fsp3) is 0.0476. The number of nitrogens with one attached hydrogen (secondary N) is 1. The van der Waals surface area contributed by atoms with Crippen LogP contribution in [0.15, 0.2) is 73.1 Å². The van der Waals surface area contributed by atoms with Crippen molar-refractivity contribution in [1.82, 2.24) is 9.55 Å². The number of halogens is 3. The molecule has 0 bridgehead atoms. The SMILES string of the molecule is Nc1nccc2c1ccn2-c1cccc(NC(=O)c2cccc(C(F)(F)F)c2)c1. The first-order chi connectivity index (χ1) is 13.8. The average Bonchev–Trinajstić information content (AvgIpc) is 3.13. The van der Waals surface area contributed by atoms with Crippen LogP contribution in [0, 0.1) is 0 Å². The maximum Gasteiger partial charge on any atom is 0.416 e. The van der Waals surface area contributed by atoms with Gasteiger partial charge in [0.1, 0.15) is 5.82 Å². The standard InChI is InChI=1S/C21H15F3N4O/c22-21(23,24)14-4-1-3-13(11-14)20(29)27-15-5-2-6-16(12-15)28-10-8-17-18(28)7-9-26-19(17)25/h1-12H,(H2,25,26)(H,27,29). The first-order valence-electron chi connectivity index (χ1n) is 8.63. The summed E-state index contributed by atoms with van der Waals surface area (Å²) in [4.78, 5) is 16.5. The van der Waals surface area contributed by atoms with Gasteiger partial charge in [0.05, 0.1) is 11.1 Å². The first-order valence-corrected chi connectivity index (χ1v) is 8.63. The van der Waals surface area contributed by atoms with E-state index in [9.17, 15) is 18.0 Å². The van der Waals surface area contributed by atoms with Gasteiger partial charge in [-0.25, -0.2) is 4.98 Å². The summed E-state index contributed by atoms with van der Waals surface area (Å²) in [7, 11) is 0.